The van der Waals surface area contributed by atoms with Gasteiger partial charge in [0.25, 0.3) is 11.5 Å². The minimum Gasteiger partial charge on any atom is -0.497 e. The molecule has 1 heterocycles. The minimum absolute atomic E-state index is 0.139. The van der Waals surface area contributed by atoms with Gasteiger partial charge in [-0.3, -0.25) is 14.2 Å². The highest BCUT2D eigenvalue weighted by Crippen LogP contribution is 2.15. The number of carbonyl (C=O) groups excluding carboxylic acids is 1. The van der Waals surface area contributed by atoms with Gasteiger partial charge in [-0.05, 0) is 73.0 Å². The summed E-state index contributed by atoms with van der Waals surface area (Å²) < 4.78 is 7.35. The van der Waals surface area contributed by atoms with Crippen molar-refractivity contribution in [2.24, 2.45) is 0 Å². The van der Waals surface area contributed by atoms with Crippen LogP contribution in [0.4, 0.5) is 5.69 Å². The lowest BCUT2D eigenvalue weighted by atomic mass is 10.1. The van der Waals surface area contributed by atoms with Crippen molar-refractivity contribution >= 4 is 34.6 Å². The van der Waals surface area contributed by atoms with Crippen molar-refractivity contribution in [3.8, 4) is 17.5 Å². The topological polar surface area (TPSA) is 84.1 Å². The molecule has 4 rings (SSSR count). The van der Waals surface area contributed by atoms with Gasteiger partial charge < -0.3 is 10.1 Å². The lowest BCUT2D eigenvalue weighted by Crippen LogP contribution is -2.32. The molecule has 0 bridgehead atoms. The van der Waals surface area contributed by atoms with Crippen LogP contribution in [0, 0.1) is 25.2 Å². The fraction of sp³-hybridized carbons (Fsp3) is 0.107. The van der Waals surface area contributed by atoms with Crippen LogP contribution in [0.15, 0.2) is 77.6 Å². The zero-order valence-corrected chi connectivity index (χ0v) is 20.3. The third-order valence-corrected chi connectivity index (χ3v) is 6.35. The predicted octanol–water partition coefficient (Wildman–Crippen LogP) is 3.67. The van der Waals surface area contributed by atoms with E-state index in [1.165, 1.54) is 4.57 Å². The van der Waals surface area contributed by atoms with Gasteiger partial charge >= 0.3 is 0 Å². The van der Waals surface area contributed by atoms with Crippen LogP contribution < -0.4 is 24.8 Å². The molecule has 0 saturated heterocycles. The summed E-state index contributed by atoms with van der Waals surface area (Å²) in [5.41, 5.74) is 3.46. The first-order chi connectivity index (χ1) is 16.9. The molecule has 0 unspecified atom stereocenters. The molecule has 0 saturated carbocycles. The summed E-state index contributed by atoms with van der Waals surface area (Å²) in [5.74, 6) is 0.0902. The minimum atomic E-state index is -0.573. The lowest BCUT2D eigenvalue weighted by Gasteiger charge is -2.07. The van der Waals surface area contributed by atoms with Gasteiger partial charge in [-0.25, -0.2) is 0 Å². The van der Waals surface area contributed by atoms with Crippen molar-refractivity contribution < 1.29 is 9.53 Å². The van der Waals surface area contributed by atoms with Crippen LogP contribution in [0.3, 0.4) is 0 Å². The Labute approximate surface area is 206 Å². The Morgan fingerprint density at radius 1 is 1.03 bits per heavy atom. The number of hydrogen-bond acceptors (Lipinski definition) is 5. The first-order valence-electron chi connectivity index (χ1n) is 10.9. The summed E-state index contributed by atoms with van der Waals surface area (Å²) in [6, 6.07) is 24.0. The van der Waals surface area contributed by atoms with Crippen LogP contribution in [0.25, 0.3) is 17.3 Å². The molecule has 4 aromatic rings. The van der Waals surface area contributed by atoms with Crippen molar-refractivity contribution in [2.45, 2.75) is 13.8 Å². The molecular weight excluding hydrogens is 458 g/mol. The number of nitriles is 1. The highest BCUT2D eigenvalue weighted by Gasteiger charge is 2.17. The van der Waals surface area contributed by atoms with E-state index in [1.807, 2.05) is 68.4 Å². The molecule has 35 heavy (non-hydrogen) atoms. The molecule has 1 N–H and O–H groups in total. The molecule has 7 heteroatoms. The number of carbonyl (C=O) groups is 1. The van der Waals surface area contributed by atoms with E-state index in [0.717, 1.165) is 28.0 Å². The Hall–Kier alpha value is -4.41. The molecule has 0 fully saturated rings. The largest absolute Gasteiger partial charge is 0.497 e. The number of thiazole rings is 1. The van der Waals surface area contributed by atoms with Gasteiger partial charge in [-0.15, -0.1) is 11.3 Å². The lowest BCUT2D eigenvalue weighted by molar-refractivity contribution is -0.111. The number of rotatable bonds is 5. The Morgan fingerprint density at radius 2 is 1.74 bits per heavy atom. The summed E-state index contributed by atoms with van der Waals surface area (Å²) >= 11 is 1.10. The Bertz CT molecular complexity index is 1610. The summed E-state index contributed by atoms with van der Waals surface area (Å²) in [6.07, 6.45) is 1.73. The van der Waals surface area contributed by atoms with E-state index in [9.17, 15) is 14.9 Å². The highest BCUT2D eigenvalue weighted by molar-refractivity contribution is 7.07. The molecule has 0 aliphatic heterocycles. The number of methoxy groups -OCH3 is 1. The van der Waals surface area contributed by atoms with Crippen LogP contribution in [0.5, 0.6) is 5.75 Å². The number of aryl methyl sites for hydroxylation is 2. The summed E-state index contributed by atoms with van der Waals surface area (Å²) in [6.45, 7) is 3.87. The van der Waals surface area contributed by atoms with Gasteiger partial charge in [0, 0.05) is 5.69 Å². The van der Waals surface area contributed by atoms with E-state index in [0.29, 0.717) is 21.7 Å². The van der Waals surface area contributed by atoms with Crippen molar-refractivity contribution in [1.82, 2.24) is 4.57 Å². The maximum absolute atomic E-state index is 13.5. The van der Waals surface area contributed by atoms with Gasteiger partial charge in [-0.2, -0.15) is 5.26 Å². The fourth-order valence-corrected chi connectivity index (χ4v) is 4.88. The molecule has 0 radical (unpaired) electrons. The molecule has 1 amide bonds. The van der Waals surface area contributed by atoms with Crippen LogP contribution in [-0.2, 0) is 4.79 Å². The number of benzene rings is 3. The Kier molecular flexibility index (Phi) is 6.95. The first-order valence-corrected chi connectivity index (χ1v) is 11.7. The van der Waals surface area contributed by atoms with Crippen LogP contribution in [-0.4, -0.2) is 17.6 Å². The molecule has 0 spiro atoms. The zero-order chi connectivity index (χ0) is 24.9. The second-order valence-corrected chi connectivity index (χ2v) is 9.02. The van der Waals surface area contributed by atoms with Crippen molar-refractivity contribution in [3.05, 3.63) is 109 Å². The quantitative estimate of drug-likeness (QED) is 0.472. The number of hydrogen-bond donors (Lipinski definition) is 1. The Morgan fingerprint density at radius 3 is 2.40 bits per heavy atom. The van der Waals surface area contributed by atoms with Gasteiger partial charge in [0.05, 0.1) is 17.3 Å². The second-order valence-electron chi connectivity index (χ2n) is 7.99. The number of para-hydroxylation sites is 1. The number of aromatic nitrogens is 1. The molecular formula is C28H23N3O3S. The second kappa shape index (κ2) is 10.2. The van der Waals surface area contributed by atoms with Crippen LogP contribution in [0.1, 0.15) is 16.7 Å². The van der Waals surface area contributed by atoms with E-state index < -0.39 is 5.91 Å². The van der Waals surface area contributed by atoms with Gasteiger partial charge in [0.15, 0.2) is 5.57 Å². The third kappa shape index (κ3) is 5.24. The SMILES string of the molecule is COc1cccc(/C=c2/s/c(=C(\C#N)C(=O)Nc3cc(C)cc(C)c3)n(-c3ccccc3)c2=O)c1. The van der Waals surface area contributed by atoms with E-state index in [-0.39, 0.29) is 15.8 Å². The smallest absolute Gasteiger partial charge is 0.273 e. The normalized spacial score (nSPS) is 12.1. The fourth-order valence-electron chi connectivity index (χ4n) is 3.78. The molecule has 0 aliphatic rings. The van der Waals surface area contributed by atoms with Gasteiger partial charge in [-0.1, -0.05) is 36.4 Å². The highest BCUT2D eigenvalue weighted by atomic mass is 32.1. The number of ether oxygens (including phenoxy) is 1. The van der Waals surface area contributed by atoms with E-state index >= 15 is 0 Å². The molecule has 6 nitrogen and oxygen atoms in total. The van der Waals surface area contributed by atoms with Crippen LogP contribution >= 0.6 is 11.3 Å². The molecule has 1 aromatic heterocycles. The van der Waals surface area contributed by atoms with Crippen molar-refractivity contribution in [1.29, 1.82) is 5.26 Å². The zero-order valence-electron chi connectivity index (χ0n) is 19.5. The number of nitrogens with one attached hydrogen (secondary N) is 1. The molecule has 174 valence electrons. The summed E-state index contributed by atoms with van der Waals surface area (Å²) in [5, 5.41) is 12.8. The molecule has 3 aromatic carbocycles. The monoisotopic (exact) mass is 481 g/mol. The van der Waals surface area contributed by atoms with E-state index in [4.69, 9.17) is 4.74 Å². The average Bonchev–Trinajstić information content (AvgIpc) is 3.14. The summed E-state index contributed by atoms with van der Waals surface area (Å²) in [4.78, 5) is 26.7. The number of anilines is 1. The molecule has 0 aliphatic carbocycles. The number of amides is 1. The number of nitrogens with zero attached hydrogens (tertiary/aromatic N) is 2. The first kappa shape index (κ1) is 23.7. The molecule has 0 atom stereocenters. The van der Waals surface area contributed by atoms with E-state index in [1.54, 1.807) is 37.5 Å². The van der Waals surface area contributed by atoms with Crippen molar-refractivity contribution in [2.75, 3.05) is 12.4 Å². The summed E-state index contributed by atoms with van der Waals surface area (Å²) in [7, 11) is 1.58. The van der Waals surface area contributed by atoms with Crippen LogP contribution in [0.2, 0.25) is 0 Å². The predicted molar refractivity (Wildman–Crippen MR) is 139 cm³/mol. The third-order valence-electron chi connectivity index (χ3n) is 5.26. The van der Waals surface area contributed by atoms with Gasteiger partial charge in [0.1, 0.15) is 16.5 Å². The van der Waals surface area contributed by atoms with Crippen molar-refractivity contribution in [3.63, 3.8) is 0 Å². The maximum Gasteiger partial charge on any atom is 0.273 e. The maximum atomic E-state index is 13.5. The standard InChI is InChI=1S/C28H23N3O3S/c1-18-12-19(2)14-21(13-18)30-26(32)24(17-29)28-31(22-9-5-4-6-10-22)27(33)25(35-28)16-20-8-7-11-23(15-20)34-3/h4-16H,1-3H3,(H,30,32)/b25-16+,28-24+. The average molecular weight is 482 g/mol. The Balaban J connectivity index is 1.94. The van der Waals surface area contributed by atoms with E-state index in [2.05, 4.69) is 5.32 Å². The van der Waals surface area contributed by atoms with Gasteiger partial charge in [0.2, 0.25) is 0 Å².